The summed E-state index contributed by atoms with van der Waals surface area (Å²) in [6.45, 7) is 25.1. The van der Waals surface area contributed by atoms with Crippen LogP contribution in [0.3, 0.4) is 0 Å². The molecule has 0 heteroatoms. The highest BCUT2D eigenvalue weighted by atomic mass is 14.1. The van der Waals surface area contributed by atoms with Crippen molar-refractivity contribution < 1.29 is 0 Å². The molecule has 0 radical (unpaired) electrons. The second-order valence-corrected chi connectivity index (χ2v) is 5.12. The molecule has 1 rings (SSSR count). The number of hydrogen-bond acceptors (Lipinski definition) is 0. The summed E-state index contributed by atoms with van der Waals surface area (Å²) in [6.07, 6.45) is 13.5. The zero-order valence-electron chi connectivity index (χ0n) is 16.9. The Hall–Kier alpha value is -2.34. The average molecular weight is 337 g/mol. The van der Waals surface area contributed by atoms with Gasteiger partial charge in [-0.2, -0.15) is 0 Å². The van der Waals surface area contributed by atoms with Gasteiger partial charge in [-0.1, -0.05) is 82.5 Å². The first kappa shape index (κ1) is 24.9. The van der Waals surface area contributed by atoms with E-state index >= 15 is 0 Å². The number of allylic oxidation sites excluding steroid dienone is 8. The predicted octanol–water partition coefficient (Wildman–Crippen LogP) is 8.20. The van der Waals surface area contributed by atoms with Gasteiger partial charge in [-0.25, -0.2) is 0 Å². The minimum atomic E-state index is 0.875. The van der Waals surface area contributed by atoms with Gasteiger partial charge in [0.25, 0.3) is 0 Å². The Morgan fingerprint density at radius 3 is 2.00 bits per heavy atom. The molecule has 1 aromatic carbocycles. The largest absolute Gasteiger partial charge is 0.103 e. The summed E-state index contributed by atoms with van der Waals surface area (Å²) in [7, 11) is 0. The lowest BCUT2D eigenvalue weighted by molar-refractivity contribution is 1.22. The highest BCUT2D eigenvalue weighted by Gasteiger charge is 2.05. The summed E-state index contributed by atoms with van der Waals surface area (Å²) in [6, 6.07) is 6.64. The van der Waals surface area contributed by atoms with E-state index in [1.807, 2.05) is 32.9 Å². The molecule has 0 spiro atoms. The van der Waals surface area contributed by atoms with E-state index < -0.39 is 0 Å². The molecule has 136 valence electrons. The molecule has 0 N–H and O–H groups in total. The van der Waals surface area contributed by atoms with Crippen molar-refractivity contribution in [1.29, 1.82) is 0 Å². The molecule has 1 aromatic rings. The Labute approximate surface area is 156 Å². The van der Waals surface area contributed by atoms with Crippen LogP contribution in [0.25, 0.3) is 11.1 Å². The summed E-state index contributed by atoms with van der Waals surface area (Å²) in [4.78, 5) is 0. The number of hydrogen-bond donors (Lipinski definition) is 0. The maximum atomic E-state index is 4.15. The Kier molecular flexibility index (Phi) is 16.5. The van der Waals surface area contributed by atoms with E-state index in [-0.39, 0.29) is 0 Å². The van der Waals surface area contributed by atoms with Crippen molar-refractivity contribution in [3.8, 4) is 0 Å². The molecular weight excluding hydrogens is 300 g/mol. The third kappa shape index (κ3) is 10.2. The van der Waals surface area contributed by atoms with Gasteiger partial charge in [0.1, 0.15) is 0 Å². The standard InChI is InChI=1S/C20H24.C3H6.C2H6/c1-6-10-12-18(9-4)20-14-17(11-7-2)13-19(15-20)16(5)8-3;1-3-2;1-2/h6-7,9-10,12-15H,1-2,5,8,11H2,3-4H3;3H,1H2,2H3;1-2H3/b12-10-,18-9+;;. The Bertz CT molecular complexity index is 594. The molecule has 0 saturated heterocycles. The van der Waals surface area contributed by atoms with Crippen molar-refractivity contribution in [1.82, 2.24) is 0 Å². The predicted molar refractivity (Wildman–Crippen MR) is 120 cm³/mol. The molecule has 0 unspecified atom stereocenters. The maximum absolute atomic E-state index is 4.15. The molecule has 0 aliphatic carbocycles. The van der Waals surface area contributed by atoms with Crippen LogP contribution in [0.15, 0.2) is 81.0 Å². The van der Waals surface area contributed by atoms with E-state index in [0.717, 1.165) is 12.8 Å². The lowest BCUT2D eigenvalue weighted by Gasteiger charge is -2.11. The van der Waals surface area contributed by atoms with Gasteiger partial charge in [-0.15, -0.1) is 13.2 Å². The van der Waals surface area contributed by atoms with E-state index in [1.54, 1.807) is 12.2 Å². The van der Waals surface area contributed by atoms with Gasteiger partial charge in [0.05, 0.1) is 0 Å². The number of benzene rings is 1. The van der Waals surface area contributed by atoms with Crippen LogP contribution in [-0.2, 0) is 6.42 Å². The molecule has 0 aliphatic rings. The SMILES string of the molecule is C=C/C=C\C(=C/C)c1cc(CC=C)cc(C(=C)CC)c1.C=CC.CC. The van der Waals surface area contributed by atoms with Crippen LogP contribution in [0.4, 0.5) is 0 Å². The lowest BCUT2D eigenvalue weighted by atomic mass is 9.94. The minimum absolute atomic E-state index is 0.875. The second-order valence-electron chi connectivity index (χ2n) is 5.12. The third-order valence-corrected chi connectivity index (χ3v) is 3.26. The van der Waals surface area contributed by atoms with Gasteiger partial charge in [0.2, 0.25) is 0 Å². The fraction of sp³-hybridized carbons (Fsp3) is 0.280. The van der Waals surface area contributed by atoms with Crippen LogP contribution in [-0.4, -0.2) is 0 Å². The molecule has 0 fully saturated rings. The van der Waals surface area contributed by atoms with Crippen LogP contribution < -0.4 is 0 Å². The smallest absolute Gasteiger partial charge is 0.00997 e. The molecule has 0 aliphatic heterocycles. The van der Waals surface area contributed by atoms with Crippen LogP contribution in [0.1, 0.15) is 57.7 Å². The molecule has 0 nitrogen and oxygen atoms in total. The summed E-state index contributed by atoms with van der Waals surface area (Å²) in [5.74, 6) is 0. The first-order valence-corrected chi connectivity index (χ1v) is 9.03. The zero-order valence-corrected chi connectivity index (χ0v) is 16.9. The van der Waals surface area contributed by atoms with Crippen molar-refractivity contribution in [2.45, 2.75) is 47.5 Å². The molecular formula is C25H36. The summed E-state index contributed by atoms with van der Waals surface area (Å²) < 4.78 is 0. The number of rotatable bonds is 7. The van der Waals surface area contributed by atoms with Crippen molar-refractivity contribution >= 4 is 11.1 Å². The molecule has 0 amide bonds. The van der Waals surface area contributed by atoms with E-state index in [9.17, 15) is 0 Å². The van der Waals surface area contributed by atoms with Gasteiger partial charge in [-0.05, 0) is 60.6 Å². The Morgan fingerprint density at radius 2 is 1.56 bits per heavy atom. The van der Waals surface area contributed by atoms with Crippen molar-refractivity contribution in [2.75, 3.05) is 0 Å². The van der Waals surface area contributed by atoms with Crippen molar-refractivity contribution in [3.63, 3.8) is 0 Å². The fourth-order valence-corrected chi connectivity index (χ4v) is 2.08. The monoisotopic (exact) mass is 336 g/mol. The van der Waals surface area contributed by atoms with Crippen LogP contribution >= 0.6 is 0 Å². The molecule has 0 aromatic heterocycles. The molecule has 0 saturated carbocycles. The highest BCUT2D eigenvalue weighted by Crippen LogP contribution is 2.25. The van der Waals surface area contributed by atoms with E-state index in [2.05, 4.69) is 70.5 Å². The van der Waals surface area contributed by atoms with Crippen LogP contribution in [0.5, 0.6) is 0 Å². The molecule has 0 atom stereocenters. The lowest BCUT2D eigenvalue weighted by Crippen LogP contribution is -1.91. The summed E-state index contributed by atoms with van der Waals surface area (Å²) >= 11 is 0. The first-order chi connectivity index (χ1) is 12.1. The van der Waals surface area contributed by atoms with E-state index in [1.165, 1.54) is 27.8 Å². The first-order valence-electron chi connectivity index (χ1n) is 9.03. The summed E-state index contributed by atoms with van der Waals surface area (Å²) in [5.41, 5.74) is 6.07. The van der Waals surface area contributed by atoms with Gasteiger partial charge in [0, 0.05) is 0 Å². The average Bonchev–Trinajstić information content (AvgIpc) is 2.64. The van der Waals surface area contributed by atoms with Gasteiger partial charge < -0.3 is 0 Å². The van der Waals surface area contributed by atoms with Crippen LogP contribution in [0, 0.1) is 0 Å². The molecule has 0 heterocycles. The van der Waals surface area contributed by atoms with Gasteiger partial charge in [0.15, 0.2) is 0 Å². The zero-order chi connectivity index (χ0) is 19.7. The van der Waals surface area contributed by atoms with Crippen molar-refractivity contribution in [3.05, 3.63) is 97.7 Å². The quantitative estimate of drug-likeness (QED) is 0.347. The highest BCUT2D eigenvalue weighted by molar-refractivity contribution is 5.77. The Morgan fingerprint density at radius 1 is 1.00 bits per heavy atom. The van der Waals surface area contributed by atoms with Gasteiger partial charge in [-0.3, -0.25) is 0 Å². The van der Waals surface area contributed by atoms with E-state index in [4.69, 9.17) is 0 Å². The summed E-state index contributed by atoms with van der Waals surface area (Å²) in [5, 5.41) is 0. The third-order valence-electron chi connectivity index (χ3n) is 3.26. The topological polar surface area (TPSA) is 0 Å². The fourth-order valence-electron chi connectivity index (χ4n) is 2.08. The minimum Gasteiger partial charge on any atom is -0.103 e. The maximum Gasteiger partial charge on any atom is -0.00997 e. The van der Waals surface area contributed by atoms with Gasteiger partial charge >= 0.3 is 0 Å². The second kappa shape index (κ2) is 16.5. The normalized spacial score (nSPS) is 10.0. The molecule has 0 bridgehead atoms. The molecule has 25 heavy (non-hydrogen) atoms. The van der Waals surface area contributed by atoms with Crippen LogP contribution in [0.2, 0.25) is 0 Å². The van der Waals surface area contributed by atoms with Crippen molar-refractivity contribution in [2.24, 2.45) is 0 Å². The Balaban J connectivity index is 0. The van der Waals surface area contributed by atoms with E-state index in [0.29, 0.717) is 0 Å².